The van der Waals surface area contributed by atoms with E-state index in [0.29, 0.717) is 5.41 Å². The van der Waals surface area contributed by atoms with Gasteiger partial charge in [0.25, 0.3) is 0 Å². The smallest absolute Gasteiger partial charge is 0.744 e. The number of rotatable bonds is 4. The minimum Gasteiger partial charge on any atom is -0.744 e. The monoisotopic (exact) mass is 363 g/mol. The van der Waals surface area contributed by atoms with Gasteiger partial charge in [-0.2, -0.15) is 0 Å². The number of carbonyl (C=O) groups excluding carboxylic acids is 1. The molecular weight excluding hydrogens is 349 g/mol. The fraction of sp³-hybridized carbons (Fsp3) is 0.214. The Morgan fingerprint density at radius 2 is 2.09 bits per heavy atom. The van der Waals surface area contributed by atoms with Crippen LogP contribution in [0.4, 0.5) is 5.69 Å². The molecule has 0 atom stereocenters. The van der Waals surface area contributed by atoms with Crippen LogP contribution >= 0.6 is 11.8 Å². The predicted octanol–water partition coefficient (Wildman–Crippen LogP) is -0.600. The number of allylic oxidation sites excluding steroid dienone is 1. The molecule has 2 rings (SSSR count). The number of ketones is 1. The summed E-state index contributed by atoms with van der Waals surface area (Å²) in [6, 6.07) is 5.89. The number of hydrogen-bond donors (Lipinski definition) is 0. The summed E-state index contributed by atoms with van der Waals surface area (Å²) in [5.41, 5.74) is 1.96. The zero-order valence-corrected chi connectivity index (χ0v) is 17.3. The van der Waals surface area contributed by atoms with Crippen LogP contribution in [-0.2, 0) is 14.9 Å². The second-order valence-corrected chi connectivity index (χ2v) is 6.96. The van der Waals surface area contributed by atoms with Gasteiger partial charge in [0.1, 0.15) is 10.1 Å². The van der Waals surface area contributed by atoms with E-state index in [1.54, 1.807) is 0 Å². The molecule has 0 N–H and O–H groups in total. The number of fused-ring (bicyclic) bond motifs is 1. The maximum absolute atomic E-state index is 11.3. The summed E-state index contributed by atoms with van der Waals surface area (Å²) < 4.78 is 31.9. The molecule has 0 fully saturated rings. The number of nitrogens with zero attached hydrogens (tertiary/aromatic N) is 1. The normalized spacial score (nSPS) is 16.0. The van der Waals surface area contributed by atoms with Crippen LogP contribution in [0.2, 0.25) is 0 Å². The van der Waals surface area contributed by atoms with Crippen LogP contribution in [0.25, 0.3) is 0 Å². The molecule has 1 heterocycles. The molecule has 0 amide bonds. The number of benzene rings is 1. The Morgan fingerprint density at radius 3 is 2.68 bits per heavy atom. The van der Waals surface area contributed by atoms with Crippen LogP contribution in [-0.4, -0.2) is 25.3 Å². The molecule has 0 aromatic heterocycles. The van der Waals surface area contributed by atoms with Gasteiger partial charge in [-0.25, -0.2) is 8.42 Å². The Hall–Kier alpha value is 0.0664. The maximum atomic E-state index is 11.3. The second-order valence-electron chi connectivity index (χ2n) is 4.64. The van der Waals surface area contributed by atoms with E-state index < -0.39 is 10.1 Å². The van der Waals surface area contributed by atoms with Crippen molar-refractivity contribution in [2.24, 2.45) is 0 Å². The average molecular weight is 364 g/mol. The van der Waals surface area contributed by atoms with Gasteiger partial charge in [0, 0.05) is 22.9 Å². The quantitative estimate of drug-likeness (QED) is 0.404. The van der Waals surface area contributed by atoms with E-state index in [2.05, 4.69) is 0 Å². The van der Waals surface area contributed by atoms with E-state index in [4.69, 9.17) is 0 Å². The van der Waals surface area contributed by atoms with Gasteiger partial charge in [-0.15, -0.1) is 0 Å². The molecule has 0 saturated heterocycles. The van der Waals surface area contributed by atoms with Crippen molar-refractivity contribution in [1.29, 1.82) is 0 Å². The Kier molecular flexibility index (Phi) is 7.54. The molecule has 0 radical (unpaired) electrons. The van der Waals surface area contributed by atoms with Gasteiger partial charge < -0.3 is 9.45 Å². The van der Waals surface area contributed by atoms with E-state index in [1.165, 1.54) is 30.8 Å². The molecule has 1 aromatic rings. The van der Waals surface area contributed by atoms with Crippen LogP contribution in [0.3, 0.4) is 0 Å². The summed E-state index contributed by atoms with van der Waals surface area (Å²) in [6.07, 6.45) is 2.79. The van der Waals surface area contributed by atoms with Crippen molar-refractivity contribution in [2.45, 2.75) is 18.7 Å². The Morgan fingerprint density at radius 1 is 1.41 bits per heavy atom. The van der Waals surface area contributed by atoms with Gasteiger partial charge in [-0.3, -0.25) is 4.79 Å². The second kappa shape index (κ2) is 8.25. The fourth-order valence-electron chi connectivity index (χ4n) is 1.95. The van der Waals surface area contributed by atoms with E-state index in [1.807, 2.05) is 30.0 Å². The predicted molar refractivity (Wildman–Crippen MR) is 82.0 cm³/mol. The molecule has 0 bridgehead atoms. The molecule has 5 nitrogen and oxygen atoms in total. The standard InChI is InChI=1S/C14H15NO4S2.K/c1-10-4-5-13-12(8-10)15(6-3-7-21(17,18)19)14(20-13)9-11(2)16;/h3-5,7-9H,6H2,1-2H3,(H,17,18,19);/q;+1/p-1/b7-3+,14-9+;. The first-order chi connectivity index (χ1) is 9.76. The van der Waals surface area contributed by atoms with Gasteiger partial charge in [-0.05, 0) is 31.5 Å². The summed E-state index contributed by atoms with van der Waals surface area (Å²) in [7, 11) is -4.39. The molecule has 8 heteroatoms. The van der Waals surface area contributed by atoms with Crippen molar-refractivity contribution in [3.05, 3.63) is 46.4 Å². The van der Waals surface area contributed by atoms with Crippen molar-refractivity contribution in [2.75, 3.05) is 11.4 Å². The molecule has 0 spiro atoms. The molecule has 1 aliphatic rings. The zero-order chi connectivity index (χ0) is 15.6. The molecule has 112 valence electrons. The van der Waals surface area contributed by atoms with Gasteiger partial charge in [0.2, 0.25) is 0 Å². The van der Waals surface area contributed by atoms with E-state index in [9.17, 15) is 17.8 Å². The summed E-state index contributed by atoms with van der Waals surface area (Å²) >= 11 is 1.44. The van der Waals surface area contributed by atoms with Crippen LogP contribution < -0.4 is 56.3 Å². The zero-order valence-electron chi connectivity index (χ0n) is 12.6. The van der Waals surface area contributed by atoms with Crippen LogP contribution in [0.5, 0.6) is 0 Å². The Bertz CT molecular complexity index is 741. The third-order valence-electron chi connectivity index (χ3n) is 2.76. The fourth-order valence-corrected chi connectivity index (χ4v) is 3.41. The minimum absolute atomic E-state index is 0. The third kappa shape index (κ3) is 5.61. The van der Waals surface area contributed by atoms with Crippen LogP contribution in [0.1, 0.15) is 12.5 Å². The molecule has 1 aliphatic heterocycles. The Labute approximate surface area is 177 Å². The average Bonchev–Trinajstić information content (AvgIpc) is 2.65. The van der Waals surface area contributed by atoms with Crippen molar-refractivity contribution < 1.29 is 69.1 Å². The summed E-state index contributed by atoms with van der Waals surface area (Å²) in [4.78, 5) is 14.1. The topological polar surface area (TPSA) is 77.5 Å². The molecule has 0 aliphatic carbocycles. The van der Waals surface area contributed by atoms with Crippen LogP contribution in [0, 0.1) is 6.92 Å². The Balaban J connectivity index is 0.00000242. The number of aryl methyl sites for hydroxylation is 1. The summed E-state index contributed by atoms with van der Waals surface area (Å²) in [5, 5.41) is 1.35. The minimum atomic E-state index is -4.39. The molecule has 0 saturated carbocycles. The first kappa shape index (κ1) is 20.1. The van der Waals surface area contributed by atoms with Gasteiger partial charge in [-0.1, -0.05) is 23.9 Å². The van der Waals surface area contributed by atoms with Crippen LogP contribution in [0.15, 0.2) is 45.7 Å². The van der Waals surface area contributed by atoms with Crippen molar-refractivity contribution in [3.8, 4) is 0 Å². The van der Waals surface area contributed by atoms with Crippen molar-refractivity contribution in [3.63, 3.8) is 0 Å². The van der Waals surface area contributed by atoms with E-state index in [0.717, 1.165) is 21.2 Å². The molecule has 22 heavy (non-hydrogen) atoms. The van der Waals surface area contributed by atoms with Crippen molar-refractivity contribution in [1.82, 2.24) is 0 Å². The first-order valence-corrected chi connectivity index (χ1v) is 8.46. The number of thioether (sulfide) groups is 1. The third-order valence-corrected chi connectivity index (χ3v) is 4.40. The SMILES string of the molecule is CC(=O)/C=C1/Sc2ccc(C)cc2N1C/C=C/S(=O)(=O)[O-].[K+]. The van der Waals surface area contributed by atoms with Gasteiger partial charge >= 0.3 is 51.4 Å². The summed E-state index contributed by atoms with van der Waals surface area (Å²) in [5.74, 6) is -0.0903. The molecule has 0 unspecified atom stereocenters. The van der Waals surface area contributed by atoms with E-state index in [-0.39, 0.29) is 63.7 Å². The molecular formula is C14H14KNO4S2. The van der Waals surface area contributed by atoms with Crippen molar-refractivity contribution >= 4 is 33.4 Å². The van der Waals surface area contributed by atoms with Gasteiger partial charge in [0.05, 0.1) is 10.7 Å². The molecule has 1 aromatic carbocycles. The maximum Gasteiger partial charge on any atom is 1.00 e. The number of carbonyl (C=O) groups is 1. The van der Waals surface area contributed by atoms with E-state index >= 15 is 0 Å². The number of anilines is 1. The number of hydrogen-bond acceptors (Lipinski definition) is 6. The first-order valence-electron chi connectivity index (χ1n) is 6.17. The largest absolute Gasteiger partial charge is 1.00 e. The van der Waals surface area contributed by atoms with Gasteiger partial charge in [0.15, 0.2) is 5.78 Å². The summed E-state index contributed by atoms with van der Waals surface area (Å²) in [6.45, 7) is 3.62.